The standard InChI is InChI=1S/C9H8ClFN4O/c10-5-1-2-7(6(11)3-5)13-9-15-14-8(4-12)16-9/h1-3H,4,12H2,(H,13,15). The summed E-state index contributed by atoms with van der Waals surface area (Å²) in [5, 5.41) is 10.2. The first-order valence-electron chi connectivity index (χ1n) is 4.43. The summed E-state index contributed by atoms with van der Waals surface area (Å²) in [5.41, 5.74) is 5.50. The number of hydrogen-bond donors (Lipinski definition) is 2. The van der Waals surface area contributed by atoms with Gasteiger partial charge in [0.2, 0.25) is 5.89 Å². The second-order valence-electron chi connectivity index (χ2n) is 2.95. The normalized spacial score (nSPS) is 10.4. The van der Waals surface area contributed by atoms with Crippen LogP contribution in [-0.2, 0) is 6.54 Å². The molecule has 0 fully saturated rings. The molecule has 3 N–H and O–H groups in total. The number of halogens is 2. The highest BCUT2D eigenvalue weighted by molar-refractivity contribution is 6.30. The summed E-state index contributed by atoms with van der Waals surface area (Å²) in [6.45, 7) is 0.137. The van der Waals surface area contributed by atoms with Crippen LogP contribution in [0.3, 0.4) is 0 Å². The van der Waals surface area contributed by atoms with Gasteiger partial charge in [0.25, 0.3) is 0 Å². The molecule has 0 radical (unpaired) electrons. The van der Waals surface area contributed by atoms with Crippen LogP contribution in [0.1, 0.15) is 5.89 Å². The van der Waals surface area contributed by atoms with Crippen LogP contribution in [0.4, 0.5) is 16.1 Å². The summed E-state index contributed by atoms with van der Waals surface area (Å²) < 4.78 is 18.4. The van der Waals surface area contributed by atoms with Gasteiger partial charge in [0, 0.05) is 5.02 Å². The fraction of sp³-hybridized carbons (Fsp3) is 0.111. The van der Waals surface area contributed by atoms with Gasteiger partial charge >= 0.3 is 6.01 Å². The van der Waals surface area contributed by atoms with E-state index in [1.54, 1.807) is 6.07 Å². The van der Waals surface area contributed by atoms with E-state index in [-0.39, 0.29) is 24.1 Å². The molecule has 0 aliphatic heterocycles. The van der Waals surface area contributed by atoms with Crippen molar-refractivity contribution in [2.45, 2.75) is 6.54 Å². The Morgan fingerprint density at radius 2 is 2.25 bits per heavy atom. The van der Waals surface area contributed by atoms with Crippen molar-refractivity contribution < 1.29 is 8.81 Å². The highest BCUT2D eigenvalue weighted by Gasteiger charge is 2.08. The molecule has 0 unspecified atom stereocenters. The number of nitrogens with zero attached hydrogens (tertiary/aromatic N) is 2. The molecule has 84 valence electrons. The molecule has 5 nitrogen and oxygen atoms in total. The molecule has 0 aliphatic carbocycles. The second-order valence-corrected chi connectivity index (χ2v) is 3.39. The minimum absolute atomic E-state index is 0.0849. The zero-order valence-corrected chi connectivity index (χ0v) is 8.83. The topological polar surface area (TPSA) is 77.0 Å². The number of nitrogens with one attached hydrogen (secondary N) is 1. The molecule has 1 aromatic heterocycles. The van der Waals surface area contributed by atoms with Crippen LogP contribution in [0.25, 0.3) is 0 Å². The van der Waals surface area contributed by atoms with Gasteiger partial charge in [-0.05, 0) is 18.2 Å². The lowest BCUT2D eigenvalue weighted by atomic mass is 10.3. The van der Waals surface area contributed by atoms with Gasteiger partial charge in [0.15, 0.2) is 0 Å². The molecular formula is C9H8ClFN4O. The molecule has 7 heteroatoms. The summed E-state index contributed by atoms with van der Waals surface area (Å²) in [4.78, 5) is 0. The van der Waals surface area contributed by atoms with Crippen LogP contribution in [0.5, 0.6) is 0 Å². The average Bonchev–Trinajstić information content (AvgIpc) is 2.70. The Bertz CT molecular complexity index is 502. The van der Waals surface area contributed by atoms with Crippen molar-refractivity contribution in [2.24, 2.45) is 5.73 Å². The van der Waals surface area contributed by atoms with Crippen molar-refractivity contribution in [3.05, 3.63) is 34.9 Å². The van der Waals surface area contributed by atoms with Crippen LogP contribution in [-0.4, -0.2) is 10.2 Å². The Labute approximate surface area is 95.4 Å². The maximum Gasteiger partial charge on any atom is 0.320 e. The highest BCUT2D eigenvalue weighted by atomic mass is 35.5. The quantitative estimate of drug-likeness (QED) is 0.862. The van der Waals surface area contributed by atoms with Crippen LogP contribution >= 0.6 is 11.6 Å². The minimum Gasteiger partial charge on any atom is -0.406 e. The van der Waals surface area contributed by atoms with Crippen molar-refractivity contribution in [2.75, 3.05) is 5.32 Å². The molecule has 0 aliphatic rings. The maximum absolute atomic E-state index is 13.4. The van der Waals surface area contributed by atoms with Gasteiger partial charge in [-0.25, -0.2) is 4.39 Å². The molecule has 0 amide bonds. The van der Waals surface area contributed by atoms with E-state index in [9.17, 15) is 4.39 Å². The van der Waals surface area contributed by atoms with E-state index in [2.05, 4.69) is 15.5 Å². The van der Waals surface area contributed by atoms with Crippen LogP contribution in [0.2, 0.25) is 5.02 Å². The van der Waals surface area contributed by atoms with E-state index < -0.39 is 5.82 Å². The van der Waals surface area contributed by atoms with Gasteiger partial charge in [-0.3, -0.25) is 0 Å². The van der Waals surface area contributed by atoms with Crippen molar-refractivity contribution in [3.63, 3.8) is 0 Å². The zero-order valence-electron chi connectivity index (χ0n) is 8.08. The summed E-state index contributed by atoms with van der Waals surface area (Å²) in [6, 6.07) is 4.29. The Kier molecular flexibility index (Phi) is 3.02. The first-order valence-corrected chi connectivity index (χ1v) is 4.81. The van der Waals surface area contributed by atoms with Gasteiger partial charge in [0.1, 0.15) is 5.82 Å². The second kappa shape index (κ2) is 4.46. The maximum atomic E-state index is 13.4. The zero-order chi connectivity index (χ0) is 11.5. The lowest BCUT2D eigenvalue weighted by molar-refractivity contribution is 0.510. The highest BCUT2D eigenvalue weighted by Crippen LogP contribution is 2.22. The molecule has 16 heavy (non-hydrogen) atoms. The van der Waals surface area contributed by atoms with E-state index in [0.29, 0.717) is 5.02 Å². The number of nitrogens with two attached hydrogens (primary N) is 1. The van der Waals surface area contributed by atoms with E-state index in [0.717, 1.165) is 0 Å². The Hall–Kier alpha value is -1.66. The molecule has 0 saturated carbocycles. The molecular weight excluding hydrogens is 235 g/mol. The predicted molar refractivity (Wildman–Crippen MR) is 56.9 cm³/mol. The number of benzene rings is 1. The minimum atomic E-state index is -0.500. The largest absolute Gasteiger partial charge is 0.406 e. The van der Waals surface area contributed by atoms with Crippen molar-refractivity contribution in [1.82, 2.24) is 10.2 Å². The lowest BCUT2D eigenvalue weighted by Crippen LogP contribution is -1.95. The summed E-state index contributed by atoms with van der Waals surface area (Å²) >= 11 is 5.61. The average molecular weight is 243 g/mol. The summed E-state index contributed by atoms with van der Waals surface area (Å²) in [5.74, 6) is -0.225. The van der Waals surface area contributed by atoms with Crippen LogP contribution in [0.15, 0.2) is 22.6 Å². The smallest absolute Gasteiger partial charge is 0.320 e. The first-order chi connectivity index (χ1) is 7.69. The number of rotatable bonds is 3. The number of hydrogen-bond acceptors (Lipinski definition) is 5. The molecule has 2 aromatic rings. The van der Waals surface area contributed by atoms with Gasteiger partial charge in [-0.15, -0.1) is 5.10 Å². The van der Waals surface area contributed by atoms with Gasteiger partial charge in [0.05, 0.1) is 12.2 Å². The number of aromatic nitrogens is 2. The third-order valence-corrected chi connectivity index (χ3v) is 2.05. The molecule has 1 aromatic carbocycles. The SMILES string of the molecule is NCc1nnc(Nc2ccc(Cl)cc2F)o1. The van der Waals surface area contributed by atoms with Crippen molar-refractivity contribution in [3.8, 4) is 0 Å². The Balaban J connectivity index is 2.20. The van der Waals surface area contributed by atoms with Crippen molar-refractivity contribution >= 4 is 23.3 Å². The first kappa shape index (κ1) is 10.8. The van der Waals surface area contributed by atoms with Gasteiger partial charge in [-0.1, -0.05) is 16.7 Å². The lowest BCUT2D eigenvalue weighted by Gasteiger charge is -2.02. The fourth-order valence-corrected chi connectivity index (χ4v) is 1.25. The monoisotopic (exact) mass is 242 g/mol. The van der Waals surface area contributed by atoms with E-state index >= 15 is 0 Å². The van der Waals surface area contributed by atoms with Gasteiger partial charge in [-0.2, -0.15) is 0 Å². The molecule has 0 saturated heterocycles. The van der Waals surface area contributed by atoms with E-state index in [4.69, 9.17) is 21.8 Å². The van der Waals surface area contributed by atoms with Crippen LogP contribution < -0.4 is 11.1 Å². The molecule has 0 bridgehead atoms. The predicted octanol–water partition coefficient (Wildman–Crippen LogP) is 2.06. The third-order valence-electron chi connectivity index (χ3n) is 1.81. The van der Waals surface area contributed by atoms with Crippen molar-refractivity contribution in [1.29, 1.82) is 0 Å². The molecule has 0 atom stereocenters. The van der Waals surface area contributed by atoms with E-state index in [1.807, 2.05) is 0 Å². The summed E-state index contributed by atoms with van der Waals surface area (Å²) in [7, 11) is 0. The number of anilines is 2. The molecule has 0 spiro atoms. The molecule has 1 heterocycles. The van der Waals surface area contributed by atoms with Gasteiger partial charge < -0.3 is 15.5 Å². The Morgan fingerprint density at radius 3 is 2.88 bits per heavy atom. The Morgan fingerprint density at radius 1 is 1.44 bits per heavy atom. The molecule has 2 rings (SSSR count). The van der Waals surface area contributed by atoms with E-state index in [1.165, 1.54) is 12.1 Å². The van der Waals surface area contributed by atoms with Crippen LogP contribution in [0, 0.1) is 5.82 Å². The summed E-state index contributed by atoms with van der Waals surface area (Å²) in [6.07, 6.45) is 0. The third kappa shape index (κ3) is 2.29. The fourth-order valence-electron chi connectivity index (χ4n) is 1.09.